The molecule has 0 amide bonds. The van der Waals surface area contributed by atoms with Gasteiger partial charge in [-0.3, -0.25) is 0 Å². The molecule has 1 aliphatic carbocycles. The number of rotatable bonds is 1. The average molecular weight is 129 g/mol. The maximum Gasteiger partial charge on any atom is 0.0555 e. The van der Waals surface area contributed by atoms with Gasteiger partial charge in [0.1, 0.15) is 0 Å². The quantitative estimate of drug-likeness (QED) is 0.540. The van der Waals surface area contributed by atoms with Gasteiger partial charge in [0.05, 0.1) is 6.10 Å². The first kappa shape index (κ1) is 7.03. The average Bonchev–Trinajstić information content (AvgIpc) is 1.88. The number of aliphatic hydroxyl groups excluding tert-OH is 1. The summed E-state index contributed by atoms with van der Waals surface area (Å²) >= 11 is 0. The summed E-state index contributed by atoms with van der Waals surface area (Å²) in [5, 5.41) is 12.3. The highest BCUT2D eigenvalue weighted by Crippen LogP contribution is 2.17. The van der Waals surface area contributed by atoms with Crippen molar-refractivity contribution in [2.75, 3.05) is 7.05 Å². The molecule has 0 aliphatic heterocycles. The second-order valence-electron chi connectivity index (χ2n) is 2.81. The van der Waals surface area contributed by atoms with Crippen LogP contribution in [0.25, 0.3) is 0 Å². The van der Waals surface area contributed by atoms with Gasteiger partial charge in [0, 0.05) is 6.04 Å². The van der Waals surface area contributed by atoms with E-state index in [0.29, 0.717) is 6.04 Å². The van der Waals surface area contributed by atoms with E-state index in [-0.39, 0.29) is 6.10 Å². The number of nitrogens with one attached hydrogen (secondary N) is 1. The van der Waals surface area contributed by atoms with Gasteiger partial charge >= 0.3 is 0 Å². The minimum atomic E-state index is -0.0452. The van der Waals surface area contributed by atoms with Gasteiger partial charge < -0.3 is 10.4 Å². The smallest absolute Gasteiger partial charge is 0.0555 e. The highest BCUT2D eigenvalue weighted by Gasteiger charge is 2.17. The molecule has 1 aliphatic rings. The Morgan fingerprint density at radius 3 is 2.67 bits per heavy atom. The second-order valence-corrected chi connectivity index (χ2v) is 2.81. The van der Waals surface area contributed by atoms with Crippen LogP contribution in [0.2, 0.25) is 0 Å². The largest absolute Gasteiger partial charge is 0.393 e. The number of hydrogen-bond acceptors (Lipinski definition) is 2. The third-order valence-electron chi connectivity index (χ3n) is 2.05. The Balaban J connectivity index is 2.23. The normalized spacial score (nSPS) is 36.7. The van der Waals surface area contributed by atoms with E-state index in [0.717, 1.165) is 12.8 Å². The lowest BCUT2D eigenvalue weighted by Crippen LogP contribution is -2.33. The third-order valence-corrected chi connectivity index (χ3v) is 2.05. The zero-order chi connectivity index (χ0) is 6.69. The van der Waals surface area contributed by atoms with E-state index < -0.39 is 0 Å². The predicted octanol–water partition coefficient (Wildman–Crippen LogP) is 0.509. The van der Waals surface area contributed by atoms with Gasteiger partial charge in [0.2, 0.25) is 0 Å². The summed E-state index contributed by atoms with van der Waals surface area (Å²) in [6.07, 6.45) is 4.30. The summed E-state index contributed by atoms with van der Waals surface area (Å²) in [6.45, 7) is 0. The van der Waals surface area contributed by atoms with E-state index in [4.69, 9.17) is 0 Å². The molecule has 0 aromatic rings. The molecule has 0 heterocycles. The number of hydrogen-bond donors (Lipinski definition) is 2. The van der Waals surface area contributed by atoms with E-state index >= 15 is 0 Å². The first-order valence-corrected chi connectivity index (χ1v) is 3.68. The van der Waals surface area contributed by atoms with Crippen molar-refractivity contribution in [2.45, 2.75) is 37.8 Å². The molecule has 9 heavy (non-hydrogen) atoms. The van der Waals surface area contributed by atoms with E-state index in [1.165, 1.54) is 12.8 Å². The van der Waals surface area contributed by atoms with Crippen LogP contribution in [0.15, 0.2) is 0 Å². The fourth-order valence-electron chi connectivity index (χ4n) is 1.43. The topological polar surface area (TPSA) is 32.3 Å². The van der Waals surface area contributed by atoms with E-state index in [1.54, 1.807) is 0 Å². The molecule has 0 saturated heterocycles. The van der Waals surface area contributed by atoms with Crippen molar-refractivity contribution in [1.82, 2.24) is 5.32 Å². The van der Waals surface area contributed by atoms with E-state index in [2.05, 4.69) is 5.32 Å². The predicted molar refractivity (Wildman–Crippen MR) is 37.3 cm³/mol. The lowest BCUT2D eigenvalue weighted by molar-refractivity contribution is 0.114. The van der Waals surface area contributed by atoms with Gasteiger partial charge in [-0.1, -0.05) is 0 Å². The van der Waals surface area contributed by atoms with Gasteiger partial charge in [-0.05, 0) is 32.7 Å². The van der Waals surface area contributed by atoms with Crippen molar-refractivity contribution in [3.63, 3.8) is 0 Å². The van der Waals surface area contributed by atoms with E-state index in [9.17, 15) is 5.11 Å². The minimum absolute atomic E-state index is 0.0452. The molecule has 2 nitrogen and oxygen atoms in total. The molecular formula is C7H15NO. The van der Waals surface area contributed by atoms with Gasteiger partial charge in [0.25, 0.3) is 0 Å². The van der Waals surface area contributed by atoms with Crippen LogP contribution in [0.5, 0.6) is 0 Å². The van der Waals surface area contributed by atoms with Crippen LogP contribution in [-0.4, -0.2) is 24.3 Å². The summed E-state index contributed by atoms with van der Waals surface area (Å²) in [6, 6.07) is 0.564. The SMILES string of the molecule is CNC1CCC[C@@H](O)C1. The summed E-state index contributed by atoms with van der Waals surface area (Å²) < 4.78 is 0. The van der Waals surface area contributed by atoms with Gasteiger partial charge in [-0.2, -0.15) is 0 Å². The molecule has 1 rings (SSSR count). The molecule has 2 atom stereocenters. The Kier molecular flexibility index (Phi) is 2.49. The fourth-order valence-corrected chi connectivity index (χ4v) is 1.43. The lowest BCUT2D eigenvalue weighted by Gasteiger charge is -2.24. The fraction of sp³-hybridized carbons (Fsp3) is 1.00. The Morgan fingerprint density at radius 2 is 2.22 bits per heavy atom. The van der Waals surface area contributed by atoms with Crippen LogP contribution in [-0.2, 0) is 0 Å². The van der Waals surface area contributed by atoms with Gasteiger partial charge in [-0.25, -0.2) is 0 Å². The summed E-state index contributed by atoms with van der Waals surface area (Å²) in [4.78, 5) is 0. The molecule has 2 N–H and O–H groups in total. The Labute approximate surface area is 56.3 Å². The Hall–Kier alpha value is -0.0800. The zero-order valence-electron chi connectivity index (χ0n) is 5.93. The van der Waals surface area contributed by atoms with Crippen LogP contribution in [0.3, 0.4) is 0 Å². The van der Waals surface area contributed by atoms with Crippen LogP contribution in [0, 0.1) is 0 Å². The molecule has 0 bridgehead atoms. The standard InChI is InChI=1S/C7H15NO/c1-8-6-3-2-4-7(9)5-6/h6-9H,2-5H2,1H3/t6?,7-/m1/s1. The maximum atomic E-state index is 9.17. The highest BCUT2D eigenvalue weighted by atomic mass is 16.3. The molecule has 0 spiro atoms. The molecule has 0 radical (unpaired) electrons. The van der Waals surface area contributed by atoms with Crippen LogP contribution in [0.4, 0.5) is 0 Å². The second kappa shape index (κ2) is 3.18. The Morgan fingerprint density at radius 1 is 1.44 bits per heavy atom. The van der Waals surface area contributed by atoms with Crippen molar-refractivity contribution >= 4 is 0 Å². The van der Waals surface area contributed by atoms with Crippen molar-refractivity contribution < 1.29 is 5.11 Å². The molecule has 54 valence electrons. The molecular weight excluding hydrogens is 114 g/mol. The minimum Gasteiger partial charge on any atom is -0.393 e. The van der Waals surface area contributed by atoms with Crippen molar-refractivity contribution in [2.24, 2.45) is 0 Å². The molecule has 0 aromatic heterocycles. The Bertz CT molecular complexity index is 85.0. The highest BCUT2D eigenvalue weighted by molar-refractivity contribution is 4.75. The first-order chi connectivity index (χ1) is 4.33. The monoisotopic (exact) mass is 129 g/mol. The molecule has 1 saturated carbocycles. The van der Waals surface area contributed by atoms with Crippen LogP contribution in [0.1, 0.15) is 25.7 Å². The van der Waals surface area contributed by atoms with Crippen molar-refractivity contribution in [3.8, 4) is 0 Å². The molecule has 1 fully saturated rings. The van der Waals surface area contributed by atoms with Crippen molar-refractivity contribution in [3.05, 3.63) is 0 Å². The third kappa shape index (κ3) is 1.95. The number of aliphatic hydroxyl groups is 1. The van der Waals surface area contributed by atoms with Gasteiger partial charge in [-0.15, -0.1) is 0 Å². The maximum absolute atomic E-state index is 9.17. The van der Waals surface area contributed by atoms with Crippen LogP contribution < -0.4 is 5.32 Å². The summed E-state index contributed by atoms with van der Waals surface area (Å²) in [7, 11) is 1.96. The summed E-state index contributed by atoms with van der Waals surface area (Å²) in [5.41, 5.74) is 0. The van der Waals surface area contributed by atoms with Crippen LogP contribution >= 0.6 is 0 Å². The summed E-state index contributed by atoms with van der Waals surface area (Å²) in [5.74, 6) is 0. The van der Waals surface area contributed by atoms with Crippen molar-refractivity contribution in [1.29, 1.82) is 0 Å². The van der Waals surface area contributed by atoms with Gasteiger partial charge in [0.15, 0.2) is 0 Å². The lowest BCUT2D eigenvalue weighted by atomic mass is 9.93. The van der Waals surface area contributed by atoms with E-state index in [1.807, 2.05) is 7.05 Å². The first-order valence-electron chi connectivity index (χ1n) is 3.68. The molecule has 0 aromatic carbocycles. The molecule has 2 heteroatoms. The zero-order valence-corrected chi connectivity index (χ0v) is 5.93. The molecule has 1 unspecified atom stereocenters.